The molecule has 1 aliphatic rings. The molecule has 0 fully saturated rings. The first-order valence-electron chi connectivity index (χ1n) is 8.05. The maximum absolute atomic E-state index is 5.34. The minimum Gasteiger partial charge on any atom is -0.497 e. The number of methoxy groups -OCH3 is 1. The van der Waals surface area contributed by atoms with Crippen LogP contribution in [0.4, 0.5) is 0 Å². The van der Waals surface area contributed by atoms with Crippen molar-refractivity contribution in [3.05, 3.63) is 58.9 Å². The van der Waals surface area contributed by atoms with E-state index in [-0.39, 0.29) is 0 Å². The highest BCUT2D eigenvalue weighted by Gasteiger charge is 2.18. The van der Waals surface area contributed by atoms with Crippen molar-refractivity contribution in [2.75, 3.05) is 13.7 Å². The third-order valence-corrected chi connectivity index (χ3v) is 4.46. The summed E-state index contributed by atoms with van der Waals surface area (Å²) in [5, 5.41) is 3.69. The lowest BCUT2D eigenvalue weighted by Crippen LogP contribution is -2.35. The molecule has 0 saturated heterocycles. The topological polar surface area (TPSA) is 34.1 Å². The van der Waals surface area contributed by atoms with Crippen LogP contribution in [0.5, 0.6) is 5.75 Å². The lowest BCUT2D eigenvalue weighted by molar-refractivity contribution is 0.411. The van der Waals surface area contributed by atoms with Gasteiger partial charge in [0, 0.05) is 17.9 Å². The average Bonchev–Trinajstić information content (AvgIpc) is 2.56. The highest BCUT2D eigenvalue weighted by molar-refractivity contribution is 5.37. The predicted molar refractivity (Wildman–Crippen MR) is 89.5 cm³/mol. The number of hydrogen-bond donors (Lipinski definition) is 1. The molecular weight excluding hydrogens is 272 g/mol. The number of fused-ring (bicyclic) bond motifs is 1. The summed E-state index contributed by atoms with van der Waals surface area (Å²) in [4.78, 5) is 4.35. The summed E-state index contributed by atoms with van der Waals surface area (Å²) in [6.45, 7) is 3.03. The number of pyridine rings is 1. The van der Waals surface area contributed by atoms with Crippen LogP contribution in [0, 0.1) is 6.92 Å². The van der Waals surface area contributed by atoms with E-state index in [9.17, 15) is 0 Å². The van der Waals surface area contributed by atoms with Crippen LogP contribution in [-0.4, -0.2) is 24.7 Å². The van der Waals surface area contributed by atoms with Gasteiger partial charge in [0.15, 0.2) is 0 Å². The minimum atomic E-state index is 0.568. The normalized spacial score (nSPS) is 17.1. The number of nitrogens with zero attached hydrogens (tertiary/aromatic N) is 1. The molecule has 1 N–H and O–H groups in total. The number of nitrogens with one attached hydrogen (secondary N) is 1. The zero-order valence-electron chi connectivity index (χ0n) is 13.4. The van der Waals surface area contributed by atoms with Crippen LogP contribution in [0.25, 0.3) is 0 Å². The Balaban J connectivity index is 1.52. The van der Waals surface area contributed by atoms with Crippen molar-refractivity contribution in [1.29, 1.82) is 0 Å². The number of aryl methyl sites for hydroxylation is 2. The number of rotatable bonds is 5. The van der Waals surface area contributed by atoms with Crippen LogP contribution in [0.3, 0.4) is 0 Å². The van der Waals surface area contributed by atoms with Crippen molar-refractivity contribution < 1.29 is 4.74 Å². The number of ether oxygens (including phenoxy) is 1. The van der Waals surface area contributed by atoms with Crippen LogP contribution in [0.1, 0.15) is 28.8 Å². The van der Waals surface area contributed by atoms with Gasteiger partial charge >= 0.3 is 0 Å². The monoisotopic (exact) mass is 296 g/mol. The predicted octanol–water partition coefficient (Wildman–Crippen LogP) is 3.09. The van der Waals surface area contributed by atoms with E-state index < -0.39 is 0 Å². The molecule has 116 valence electrons. The summed E-state index contributed by atoms with van der Waals surface area (Å²) in [7, 11) is 1.73. The molecule has 1 atom stereocenters. The van der Waals surface area contributed by atoms with Crippen molar-refractivity contribution in [1.82, 2.24) is 10.3 Å². The first-order valence-corrected chi connectivity index (χ1v) is 8.05. The second-order valence-corrected chi connectivity index (χ2v) is 6.09. The number of aromatic nitrogens is 1. The molecule has 0 aliphatic heterocycles. The Kier molecular flexibility index (Phi) is 4.74. The van der Waals surface area contributed by atoms with Gasteiger partial charge in [0.25, 0.3) is 0 Å². The highest BCUT2D eigenvalue weighted by atomic mass is 16.5. The zero-order valence-corrected chi connectivity index (χ0v) is 13.4. The molecule has 1 aromatic carbocycles. The van der Waals surface area contributed by atoms with Crippen molar-refractivity contribution in [2.24, 2.45) is 0 Å². The van der Waals surface area contributed by atoms with E-state index in [1.165, 1.54) is 23.1 Å². The van der Waals surface area contributed by atoms with E-state index in [1.807, 2.05) is 13.1 Å². The Bertz CT molecular complexity index is 622. The van der Waals surface area contributed by atoms with Crippen LogP contribution in [0.15, 0.2) is 36.5 Å². The van der Waals surface area contributed by atoms with Crippen molar-refractivity contribution in [3.8, 4) is 5.75 Å². The van der Waals surface area contributed by atoms with Gasteiger partial charge in [0.2, 0.25) is 0 Å². The van der Waals surface area contributed by atoms with Gasteiger partial charge in [-0.15, -0.1) is 0 Å². The molecule has 1 aliphatic carbocycles. The maximum Gasteiger partial charge on any atom is 0.119 e. The molecule has 22 heavy (non-hydrogen) atoms. The summed E-state index contributed by atoms with van der Waals surface area (Å²) >= 11 is 0. The Hall–Kier alpha value is -1.87. The average molecular weight is 296 g/mol. The number of benzene rings is 1. The van der Waals surface area contributed by atoms with Gasteiger partial charge in [-0.25, -0.2) is 0 Å². The van der Waals surface area contributed by atoms with Crippen molar-refractivity contribution in [2.45, 2.75) is 38.6 Å². The molecule has 0 bridgehead atoms. The summed E-state index contributed by atoms with van der Waals surface area (Å²) in [5.41, 5.74) is 5.28. The van der Waals surface area contributed by atoms with Crippen LogP contribution >= 0.6 is 0 Å². The number of hydrogen-bond acceptors (Lipinski definition) is 3. The standard InChI is InChI=1S/C19H24N2O/c1-14-3-4-15(13-21-14)9-10-20-18-7-5-16-6-8-19(22-2)12-17(16)11-18/h3-4,6,8,12-13,18,20H,5,7,9-11H2,1-2H3. The van der Waals surface area contributed by atoms with Gasteiger partial charge in [0.1, 0.15) is 5.75 Å². The molecule has 1 heterocycles. The fourth-order valence-electron chi connectivity index (χ4n) is 3.10. The van der Waals surface area contributed by atoms with Gasteiger partial charge in [0.05, 0.1) is 7.11 Å². The summed E-state index contributed by atoms with van der Waals surface area (Å²) in [6, 6.07) is 11.3. The van der Waals surface area contributed by atoms with E-state index in [2.05, 4.69) is 40.6 Å². The van der Waals surface area contributed by atoms with Crippen molar-refractivity contribution >= 4 is 0 Å². The Morgan fingerprint density at radius 3 is 2.91 bits per heavy atom. The Labute approximate surface area is 132 Å². The largest absolute Gasteiger partial charge is 0.497 e. The summed E-state index contributed by atoms with van der Waals surface area (Å²) in [5.74, 6) is 0.963. The molecule has 3 nitrogen and oxygen atoms in total. The molecule has 1 unspecified atom stereocenters. The second kappa shape index (κ2) is 6.93. The van der Waals surface area contributed by atoms with Gasteiger partial charge in [-0.2, -0.15) is 0 Å². The fraction of sp³-hybridized carbons (Fsp3) is 0.421. The lowest BCUT2D eigenvalue weighted by Gasteiger charge is -2.26. The maximum atomic E-state index is 5.34. The third kappa shape index (κ3) is 3.66. The highest BCUT2D eigenvalue weighted by Crippen LogP contribution is 2.25. The van der Waals surface area contributed by atoms with E-state index in [1.54, 1.807) is 7.11 Å². The van der Waals surface area contributed by atoms with E-state index in [4.69, 9.17) is 4.74 Å². The van der Waals surface area contributed by atoms with Crippen LogP contribution < -0.4 is 10.1 Å². The summed E-state index contributed by atoms with van der Waals surface area (Å²) < 4.78 is 5.34. The molecule has 3 rings (SSSR count). The zero-order chi connectivity index (χ0) is 15.4. The third-order valence-electron chi connectivity index (χ3n) is 4.46. The molecule has 0 spiro atoms. The Morgan fingerprint density at radius 1 is 1.23 bits per heavy atom. The van der Waals surface area contributed by atoms with Crippen LogP contribution in [-0.2, 0) is 19.3 Å². The molecule has 2 aromatic rings. The van der Waals surface area contributed by atoms with E-state index >= 15 is 0 Å². The van der Waals surface area contributed by atoms with E-state index in [0.717, 1.165) is 37.3 Å². The second-order valence-electron chi connectivity index (χ2n) is 6.09. The van der Waals surface area contributed by atoms with Gasteiger partial charge in [-0.05, 0) is 74.0 Å². The molecule has 0 amide bonds. The fourth-order valence-corrected chi connectivity index (χ4v) is 3.10. The molecule has 1 aromatic heterocycles. The van der Waals surface area contributed by atoms with Gasteiger partial charge in [-0.3, -0.25) is 4.98 Å². The minimum absolute atomic E-state index is 0.568. The first kappa shape index (κ1) is 15.0. The SMILES string of the molecule is COc1ccc2c(c1)CC(NCCc1ccc(C)nc1)CC2. The van der Waals surface area contributed by atoms with E-state index in [0.29, 0.717) is 6.04 Å². The Morgan fingerprint density at radius 2 is 2.14 bits per heavy atom. The molecule has 3 heteroatoms. The van der Waals surface area contributed by atoms with Gasteiger partial charge < -0.3 is 10.1 Å². The van der Waals surface area contributed by atoms with Gasteiger partial charge in [-0.1, -0.05) is 12.1 Å². The molecular formula is C19H24N2O. The smallest absolute Gasteiger partial charge is 0.119 e. The lowest BCUT2D eigenvalue weighted by atomic mass is 9.88. The first-order chi connectivity index (χ1) is 10.7. The summed E-state index contributed by atoms with van der Waals surface area (Å²) in [6.07, 6.45) is 6.49. The molecule has 0 radical (unpaired) electrons. The quantitative estimate of drug-likeness (QED) is 0.920. The van der Waals surface area contributed by atoms with Crippen LogP contribution in [0.2, 0.25) is 0 Å². The molecule has 0 saturated carbocycles. The van der Waals surface area contributed by atoms with Crippen molar-refractivity contribution in [3.63, 3.8) is 0 Å².